The van der Waals surface area contributed by atoms with E-state index in [2.05, 4.69) is 17.4 Å². The van der Waals surface area contributed by atoms with E-state index in [4.69, 9.17) is 11.6 Å². The fourth-order valence-corrected chi connectivity index (χ4v) is 4.35. The molecule has 0 radical (unpaired) electrons. The normalized spacial score (nSPS) is 15.5. The Morgan fingerprint density at radius 3 is 2.48 bits per heavy atom. The van der Waals surface area contributed by atoms with Gasteiger partial charge in [0.25, 0.3) is 5.91 Å². The van der Waals surface area contributed by atoms with E-state index < -0.39 is 0 Å². The van der Waals surface area contributed by atoms with Crippen LogP contribution in [0.3, 0.4) is 0 Å². The molecule has 1 saturated carbocycles. The Hall–Kier alpha value is -1.84. The van der Waals surface area contributed by atoms with Crippen molar-refractivity contribution in [3.05, 3.63) is 70.1 Å². The van der Waals surface area contributed by atoms with Crippen LogP contribution in [-0.4, -0.2) is 5.91 Å². The molecule has 4 heteroatoms. The number of fused-ring (bicyclic) bond motifs is 1. The lowest BCUT2D eigenvalue weighted by Gasteiger charge is -2.18. The number of thiophene rings is 1. The van der Waals surface area contributed by atoms with E-state index >= 15 is 0 Å². The van der Waals surface area contributed by atoms with E-state index in [0.29, 0.717) is 15.8 Å². The molecule has 0 saturated heterocycles. The molecule has 3 aromatic rings. The molecule has 23 heavy (non-hydrogen) atoms. The summed E-state index contributed by atoms with van der Waals surface area (Å²) in [7, 11) is 0. The van der Waals surface area contributed by atoms with E-state index in [1.807, 2.05) is 42.5 Å². The summed E-state index contributed by atoms with van der Waals surface area (Å²) in [4.78, 5) is 13.4. The van der Waals surface area contributed by atoms with Crippen LogP contribution in [0.15, 0.2) is 54.6 Å². The van der Waals surface area contributed by atoms with Crippen LogP contribution >= 0.6 is 22.9 Å². The zero-order valence-electron chi connectivity index (χ0n) is 12.5. The van der Waals surface area contributed by atoms with Crippen molar-refractivity contribution in [2.24, 2.45) is 5.92 Å². The van der Waals surface area contributed by atoms with E-state index in [0.717, 1.165) is 10.1 Å². The second-order valence-corrected chi connectivity index (χ2v) is 7.37. The number of nitrogens with one attached hydrogen (secondary N) is 1. The lowest BCUT2D eigenvalue weighted by Crippen LogP contribution is -2.29. The predicted molar refractivity (Wildman–Crippen MR) is 96.2 cm³/mol. The SMILES string of the molecule is O=C(NC(c1ccccc1)C1CC1)c1sc2ccccc2c1Cl. The number of hydrogen-bond donors (Lipinski definition) is 1. The van der Waals surface area contributed by atoms with Gasteiger partial charge in [-0.3, -0.25) is 4.79 Å². The molecule has 1 aliphatic carbocycles. The Bertz CT molecular complexity index is 854. The van der Waals surface area contributed by atoms with Gasteiger partial charge >= 0.3 is 0 Å². The fourth-order valence-electron chi connectivity index (χ4n) is 2.93. The predicted octanol–water partition coefficient (Wildman–Crippen LogP) is 5.44. The van der Waals surface area contributed by atoms with E-state index in [1.165, 1.54) is 29.7 Å². The topological polar surface area (TPSA) is 29.1 Å². The van der Waals surface area contributed by atoms with E-state index in [-0.39, 0.29) is 11.9 Å². The van der Waals surface area contributed by atoms with Gasteiger partial charge in [-0.25, -0.2) is 0 Å². The van der Waals surface area contributed by atoms with Gasteiger partial charge in [-0.1, -0.05) is 60.1 Å². The monoisotopic (exact) mass is 341 g/mol. The van der Waals surface area contributed by atoms with Crippen LogP contribution < -0.4 is 5.32 Å². The van der Waals surface area contributed by atoms with Crippen molar-refractivity contribution in [2.45, 2.75) is 18.9 Å². The highest BCUT2D eigenvalue weighted by atomic mass is 35.5. The molecule has 1 atom stereocenters. The summed E-state index contributed by atoms with van der Waals surface area (Å²) in [5.41, 5.74) is 1.17. The van der Waals surface area contributed by atoms with Crippen molar-refractivity contribution >= 4 is 38.9 Å². The largest absolute Gasteiger partial charge is 0.344 e. The summed E-state index contributed by atoms with van der Waals surface area (Å²) in [5.74, 6) is 0.464. The zero-order chi connectivity index (χ0) is 15.8. The first-order valence-electron chi connectivity index (χ1n) is 7.77. The van der Waals surface area contributed by atoms with Gasteiger partial charge in [0.2, 0.25) is 0 Å². The van der Waals surface area contributed by atoms with Crippen LogP contribution in [0.2, 0.25) is 5.02 Å². The molecule has 1 heterocycles. The van der Waals surface area contributed by atoms with Gasteiger partial charge in [0.05, 0.1) is 11.1 Å². The Morgan fingerprint density at radius 2 is 1.78 bits per heavy atom. The average Bonchev–Trinajstić information content (AvgIpc) is 3.37. The van der Waals surface area contributed by atoms with Crippen LogP contribution in [0.4, 0.5) is 0 Å². The molecule has 2 aromatic carbocycles. The molecule has 1 aromatic heterocycles. The molecule has 2 nitrogen and oxygen atoms in total. The third kappa shape index (κ3) is 2.87. The highest BCUT2D eigenvalue weighted by molar-refractivity contribution is 7.21. The van der Waals surface area contributed by atoms with Crippen molar-refractivity contribution in [3.63, 3.8) is 0 Å². The number of rotatable bonds is 4. The first kappa shape index (κ1) is 14.7. The minimum Gasteiger partial charge on any atom is -0.344 e. The van der Waals surface area contributed by atoms with Crippen molar-refractivity contribution < 1.29 is 4.79 Å². The third-order valence-corrected chi connectivity index (χ3v) is 5.95. The molecule has 0 spiro atoms. The van der Waals surface area contributed by atoms with Gasteiger partial charge in [-0.2, -0.15) is 0 Å². The lowest BCUT2D eigenvalue weighted by atomic mass is 10.0. The van der Waals surface area contributed by atoms with Crippen LogP contribution in [-0.2, 0) is 0 Å². The van der Waals surface area contributed by atoms with Crippen molar-refractivity contribution in [2.75, 3.05) is 0 Å². The lowest BCUT2D eigenvalue weighted by molar-refractivity contribution is 0.0936. The van der Waals surface area contributed by atoms with E-state index in [1.54, 1.807) is 0 Å². The summed E-state index contributed by atoms with van der Waals surface area (Å²) >= 11 is 7.88. The molecule has 1 unspecified atom stereocenters. The fraction of sp³-hybridized carbons (Fsp3) is 0.211. The maximum Gasteiger partial charge on any atom is 0.263 e. The number of carbonyl (C=O) groups excluding carboxylic acids is 1. The molecular weight excluding hydrogens is 326 g/mol. The Labute approximate surface area is 144 Å². The van der Waals surface area contributed by atoms with Gasteiger partial charge < -0.3 is 5.32 Å². The van der Waals surface area contributed by atoms with Crippen molar-refractivity contribution in [3.8, 4) is 0 Å². The minimum absolute atomic E-state index is 0.0723. The van der Waals surface area contributed by atoms with Crippen LogP contribution in [0.25, 0.3) is 10.1 Å². The highest BCUT2D eigenvalue weighted by Crippen LogP contribution is 2.42. The number of carbonyl (C=O) groups is 1. The molecule has 0 bridgehead atoms. The van der Waals surface area contributed by atoms with Crippen LogP contribution in [0, 0.1) is 5.92 Å². The second-order valence-electron chi connectivity index (χ2n) is 5.94. The molecule has 1 N–H and O–H groups in total. The summed E-state index contributed by atoms with van der Waals surface area (Å²) < 4.78 is 1.05. The first-order valence-corrected chi connectivity index (χ1v) is 8.96. The van der Waals surface area contributed by atoms with E-state index in [9.17, 15) is 4.79 Å². The number of hydrogen-bond acceptors (Lipinski definition) is 2. The van der Waals surface area contributed by atoms with Crippen molar-refractivity contribution in [1.29, 1.82) is 0 Å². The summed E-state index contributed by atoms with van der Waals surface area (Å²) in [6.45, 7) is 0. The maximum atomic E-state index is 12.8. The number of halogens is 1. The molecule has 1 aliphatic rings. The summed E-state index contributed by atoms with van der Waals surface area (Å²) in [5, 5.41) is 4.71. The second kappa shape index (κ2) is 5.99. The summed E-state index contributed by atoms with van der Waals surface area (Å²) in [6, 6.07) is 18.1. The van der Waals surface area contributed by atoms with Crippen LogP contribution in [0.1, 0.15) is 34.1 Å². The van der Waals surface area contributed by atoms with Crippen molar-refractivity contribution in [1.82, 2.24) is 5.32 Å². The molecule has 116 valence electrons. The van der Waals surface area contributed by atoms with Gasteiger partial charge in [0.15, 0.2) is 0 Å². The number of amides is 1. The molecular formula is C19H16ClNOS. The van der Waals surface area contributed by atoms with Crippen LogP contribution in [0.5, 0.6) is 0 Å². The van der Waals surface area contributed by atoms with Gasteiger partial charge in [-0.15, -0.1) is 11.3 Å². The average molecular weight is 342 g/mol. The Balaban J connectivity index is 1.64. The summed E-state index contributed by atoms with van der Waals surface area (Å²) in [6.07, 6.45) is 2.33. The Morgan fingerprint density at radius 1 is 1.09 bits per heavy atom. The number of benzene rings is 2. The molecule has 4 rings (SSSR count). The minimum atomic E-state index is -0.0723. The first-order chi connectivity index (χ1) is 11.2. The Kier molecular flexibility index (Phi) is 3.83. The van der Waals surface area contributed by atoms with Gasteiger partial charge in [0, 0.05) is 10.1 Å². The zero-order valence-corrected chi connectivity index (χ0v) is 14.0. The van der Waals surface area contributed by atoms with Gasteiger partial charge in [-0.05, 0) is 30.4 Å². The highest BCUT2D eigenvalue weighted by Gasteiger charge is 2.34. The molecule has 1 fully saturated rings. The molecule has 1 amide bonds. The van der Waals surface area contributed by atoms with Gasteiger partial charge in [0.1, 0.15) is 4.88 Å². The molecule has 0 aliphatic heterocycles. The smallest absolute Gasteiger partial charge is 0.263 e. The third-order valence-electron chi connectivity index (χ3n) is 4.28. The quantitative estimate of drug-likeness (QED) is 0.673. The maximum absolute atomic E-state index is 12.8. The standard InChI is InChI=1S/C19H16ClNOS/c20-16-14-8-4-5-9-15(14)23-18(16)19(22)21-17(13-10-11-13)12-6-2-1-3-7-12/h1-9,13,17H,10-11H2,(H,21,22).